The topological polar surface area (TPSA) is 32.3 Å². The van der Waals surface area contributed by atoms with E-state index in [4.69, 9.17) is 0 Å². The number of hydrogen-bond acceptors (Lipinski definition) is 2. The molecule has 1 aliphatic heterocycles. The van der Waals surface area contributed by atoms with Crippen LogP contribution in [0.2, 0.25) is 0 Å². The zero-order chi connectivity index (χ0) is 13.5. The molecular formula is C16H22N2O. The summed E-state index contributed by atoms with van der Waals surface area (Å²) in [6, 6.07) is 10.6. The van der Waals surface area contributed by atoms with Gasteiger partial charge in [-0.25, -0.2) is 0 Å². The summed E-state index contributed by atoms with van der Waals surface area (Å²) in [5.41, 5.74) is 1.19. The average Bonchev–Trinajstić information content (AvgIpc) is 2.44. The number of amides is 1. The first-order valence-electron chi connectivity index (χ1n) is 6.98. The van der Waals surface area contributed by atoms with E-state index in [-0.39, 0.29) is 5.91 Å². The number of carbonyl (C=O) groups is 1. The average molecular weight is 258 g/mol. The normalized spacial score (nSPS) is 19.8. The molecule has 0 aromatic heterocycles. The highest BCUT2D eigenvalue weighted by Crippen LogP contribution is 2.06. The molecule has 0 aliphatic carbocycles. The minimum Gasteiger partial charge on any atom is -0.340 e. The van der Waals surface area contributed by atoms with Crippen molar-refractivity contribution < 1.29 is 4.79 Å². The number of nitrogens with one attached hydrogen (secondary N) is 1. The molecule has 0 spiro atoms. The van der Waals surface area contributed by atoms with Crippen molar-refractivity contribution in [2.24, 2.45) is 0 Å². The molecule has 19 heavy (non-hydrogen) atoms. The predicted molar refractivity (Wildman–Crippen MR) is 78.8 cm³/mol. The lowest BCUT2D eigenvalue weighted by atomic mass is 10.1. The summed E-state index contributed by atoms with van der Waals surface area (Å²) in [6.45, 7) is 4.70. The van der Waals surface area contributed by atoms with Crippen molar-refractivity contribution in [3.8, 4) is 0 Å². The van der Waals surface area contributed by atoms with Crippen LogP contribution < -0.4 is 5.32 Å². The molecule has 1 aromatic carbocycles. The molecule has 0 saturated carbocycles. The maximum atomic E-state index is 12.0. The first-order chi connectivity index (χ1) is 9.25. The third kappa shape index (κ3) is 4.52. The Labute approximate surface area is 115 Å². The smallest absolute Gasteiger partial charge is 0.222 e. The van der Waals surface area contributed by atoms with E-state index >= 15 is 0 Å². The maximum Gasteiger partial charge on any atom is 0.222 e. The summed E-state index contributed by atoms with van der Waals surface area (Å²) in [4.78, 5) is 14.0. The molecule has 1 heterocycles. The van der Waals surface area contributed by atoms with Crippen LogP contribution >= 0.6 is 0 Å². The number of rotatable bonds is 4. The van der Waals surface area contributed by atoms with Gasteiger partial charge in [-0.3, -0.25) is 4.79 Å². The zero-order valence-corrected chi connectivity index (χ0v) is 11.5. The molecule has 1 fully saturated rings. The number of allylic oxidation sites excluding steroid dienone is 1. The van der Waals surface area contributed by atoms with Gasteiger partial charge in [0.1, 0.15) is 0 Å². The molecule has 0 unspecified atom stereocenters. The lowest BCUT2D eigenvalue weighted by molar-refractivity contribution is -0.132. The molecule has 1 saturated heterocycles. The van der Waals surface area contributed by atoms with E-state index in [0.29, 0.717) is 12.5 Å². The molecule has 1 aromatic rings. The highest BCUT2D eigenvalue weighted by atomic mass is 16.2. The fourth-order valence-electron chi connectivity index (χ4n) is 2.31. The number of benzene rings is 1. The first kappa shape index (κ1) is 13.8. The molecule has 102 valence electrons. The largest absolute Gasteiger partial charge is 0.340 e. The Morgan fingerprint density at radius 3 is 2.95 bits per heavy atom. The third-order valence-electron chi connectivity index (χ3n) is 3.36. The molecule has 1 N–H and O–H groups in total. The summed E-state index contributed by atoms with van der Waals surface area (Å²) in [5.74, 6) is 0.270. The first-order valence-corrected chi connectivity index (χ1v) is 6.98. The van der Waals surface area contributed by atoms with Crippen LogP contribution in [0.3, 0.4) is 0 Å². The third-order valence-corrected chi connectivity index (χ3v) is 3.36. The van der Waals surface area contributed by atoms with E-state index in [1.54, 1.807) is 0 Å². The Balaban J connectivity index is 1.73. The SMILES string of the molecule is C[C@@H]1CN(C(=O)CC/C=C/c2ccccc2)CCN1. The van der Waals surface area contributed by atoms with Crippen LogP contribution in [0.25, 0.3) is 6.08 Å². The van der Waals surface area contributed by atoms with Gasteiger partial charge >= 0.3 is 0 Å². The zero-order valence-electron chi connectivity index (χ0n) is 11.5. The second kappa shape index (κ2) is 7.10. The van der Waals surface area contributed by atoms with Crippen LogP contribution in [-0.4, -0.2) is 36.5 Å². The molecule has 0 bridgehead atoms. The van der Waals surface area contributed by atoms with E-state index in [1.165, 1.54) is 5.56 Å². The Kier molecular flexibility index (Phi) is 5.16. The van der Waals surface area contributed by atoms with Gasteiger partial charge in [0, 0.05) is 32.1 Å². The van der Waals surface area contributed by atoms with Gasteiger partial charge in [-0.05, 0) is 18.9 Å². The number of nitrogens with zero attached hydrogens (tertiary/aromatic N) is 1. The van der Waals surface area contributed by atoms with Crippen molar-refractivity contribution >= 4 is 12.0 Å². The summed E-state index contributed by atoms with van der Waals surface area (Å²) in [5, 5.41) is 3.35. The van der Waals surface area contributed by atoms with E-state index in [0.717, 1.165) is 26.1 Å². The van der Waals surface area contributed by atoms with Crippen LogP contribution in [0.1, 0.15) is 25.3 Å². The minimum absolute atomic E-state index is 0.270. The van der Waals surface area contributed by atoms with Crippen molar-refractivity contribution in [1.82, 2.24) is 10.2 Å². The molecule has 3 heteroatoms. The van der Waals surface area contributed by atoms with Crippen molar-refractivity contribution in [1.29, 1.82) is 0 Å². The van der Waals surface area contributed by atoms with Crippen LogP contribution in [-0.2, 0) is 4.79 Å². The molecule has 1 aliphatic rings. The summed E-state index contributed by atoms with van der Waals surface area (Å²) >= 11 is 0. The van der Waals surface area contributed by atoms with Crippen LogP contribution in [0.5, 0.6) is 0 Å². The summed E-state index contributed by atoms with van der Waals surface area (Å²) < 4.78 is 0. The Morgan fingerprint density at radius 1 is 1.42 bits per heavy atom. The van der Waals surface area contributed by atoms with Gasteiger partial charge in [-0.1, -0.05) is 42.5 Å². The van der Waals surface area contributed by atoms with E-state index in [1.807, 2.05) is 23.1 Å². The summed E-state index contributed by atoms with van der Waals surface area (Å²) in [7, 11) is 0. The maximum absolute atomic E-state index is 12.0. The van der Waals surface area contributed by atoms with E-state index < -0.39 is 0 Å². The Morgan fingerprint density at radius 2 is 2.21 bits per heavy atom. The van der Waals surface area contributed by atoms with E-state index in [9.17, 15) is 4.79 Å². The van der Waals surface area contributed by atoms with Gasteiger partial charge in [-0.15, -0.1) is 0 Å². The molecule has 1 amide bonds. The van der Waals surface area contributed by atoms with Crippen LogP contribution in [0, 0.1) is 0 Å². The number of carbonyl (C=O) groups excluding carboxylic acids is 1. The van der Waals surface area contributed by atoms with Gasteiger partial charge in [0.15, 0.2) is 0 Å². The van der Waals surface area contributed by atoms with Crippen molar-refractivity contribution in [3.63, 3.8) is 0 Å². The van der Waals surface area contributed by atoms with Gasteiger partial charge in [-0.2, -0.15) is 0 Å². The fourth-order valence-corrected chi connectivity index (χ4v) is 2.31. The Bertz CT molecular complexity index is 428. The Hall–Kier alpha value is -1.61. The highest BCUT2D eigenvalue weighted by molar-refractivity contribution is 5.76. The predicted octanol–water partition coefficient (Wildman–Crippen LogP) is 2.30. The second-order valence-corrected chi connectivity index (χ2v) is 5.05. The van der Waals surface area contributed by atoms with Crippen molar-refractivity contribution in [2.75, 3.05) is 19.6 Å². The van der Waals surface area contributed by atoms with Gasteiger partial charge < -0.3 is 10.2 Å². The lowest BCUT2D eigenvalue weighted by Gasteiger charge is -2.31. The molecule has 2 rings (SSSR count). The van der Waals surface area contributed by atoms with E-state index in [2.05, 4.69) is 36.5 Å². The number of piperazine rings is 1. The van der Waals surface area contributed by atoms with Crippen LogP contribution in [0.4, 0.5) is 0 Å². The minimum atomic E-state index is 0.270. The van der Waals surface area contributed by atoms with Gasteiger partial charge in [0.25, 0.3) is 0 Å². The molecule has 3 nitrogen and oxygen atoms in total. The highest BCUT2D eigenvalue weighted by Gasteiger charge is 2.19. The van der Waals surface area contributed by atoms with Crippen LogP contribution in [0.15, 0.2) is 36.4 Å². The summed E-state index contributed by atoms with van der Waals surface area (Å²) in [6.07, 6.45) is 5.58. The number of hydrogen-bond donors (Lipinski definition) is 1. The molecule has 1 atom stereocenters. The standard InChI is InChI=1S/C16H22N2O/c1-14-13-18(12-11-17-14)16(19)10-6-5-9-15-7-3-2-4-8-15/h2-5,7-9,14,17H,6,10-13H2,1H3/b9-5+/t14-/m1/s1. The second-order valence-electron chi connectivity index (χ2n) is 5.05. The van der Waals surface area contributed by atoms with Gasteiger partial charge in [0.2, 0.25) is 5.91 Å². The molecule has 0 radical (unpaired) electrons. The molecular weight excluding hydrogens is 236 g/mol. The fraction of sp³-hybridized carbons (Fsp3) is 0.438. The van der Waals surface area contributed by atoms with Crippen molar-refractivity contribution in [3.05, 3.63) is 42.0 Å². The lowest BCUT2D eigenvalue weighted by Crippen LogP contribution is -2.51. The van der Waals surface area contributed by atoms with Crippen molar-refractivity contribution in [2.45, 2.75) is 25.8 Å². The van der Waals surface area contributed by atoms with Gasteiger partial charge in [0.05, 0.1) is 0 Å². The quantitative estimate of drug-likeness (QED) is 0.898. The monoisotopic (exact) mass is 258 g/mol.